The fraction of sp³-hybridized carbons (Fsp3) is 0.286. The van der Waals surface area contributed by atoms with Gasteiger partial charge in [0.2, 0.25) is 5.95 Å². The third-order valence-electron chi connectivity index (χ3n) is 5.13. The summed E-state index contributed by atoms with van der Waals surface area (Å²) >= 11 is 0. The number of nitrogens with zero attached hydrogens (tertiary/aromatic N) is 5. The van der Waals surface area contributed by atoms with Crippen molar-refractivity contribution in [1.29, 1.82) is 0 Å². The molecule has 0 saturated carbocycles. The summed E-state index contributed by atoms with van der Waals surface area (Å²) in [6, 6.07) is 7.38. The molecule has 31 heavy (non-hydrogen) atoms. The molecule has 0 spiro atoms. The molecule has 0 radical (unpaired) electrons. The van der Waals surface area contributed by atoms with Crippen molar-refractivity contribution < 1.29 is 18.0 Å². The number of nitrogens with one attached hydrogen (secondary N) is 1. The molecule has 0 unspecified atom stereocenters. The Bertz CT molecular complexity index is 1050. The smallest absolute Gasteiger partial charge is 0.339 e. The van der Waals surface area contributed by atoms with E-state index in [1.807, 2.05) is 0 Å². The van der Waals surface area contributed by atoms with Crippen LogP contribution >= 0.6 is 0 Å². The summed E-state index contributed by atoms with van der Waals surface area (Å²) in [6.45, 7) is 1.12. The number of aromatic nitrogens is 4. The number of hydrogen-bond donors (Lipinski definition) is 1. The van der Waals surface area contributed by atoms with Gasteiger partial charge in [0.15, 0.2) is 0 Å². The number of carbonyl (C=O) groups excluding carboxylic acids is 1. The predicted molar refractivity (Wildman–Crippen MR) is 107 cm³/mol. The topological polar surface area (TPSA) is 83.9 Å². The van der Waals surface area contributed by atoms with E-state index >= 15 is 0 Å². The molecule has 0 aromatic carbocycles. The fourth-order valence-electron chi connectivity index (χ4n) is 3.55. The van der Waals surface area contributed by atoms with Crippen LogP contribution in [-0.2, 0) is 6.18 Å². The Balaban J connectivity index is 1.44. The molecule has 0 aliphatic carbocycles. The molecular formula is C21H19F3N6O. The van der Waals surface area contributed by atoms with Crippen LogP contribution in [0.3, 0.4) is 0 Å². The molecule has 10 heteroatoms. The van der Waals surface area contributed by atoms with Gasteiger partial charge in [0.05, 0.1) is 11.1 Å². The molecule has 0 atom stereocenters. The number of hydrogen-bond acceptors (Lipinski definition) is 6. The summed E-state index contributed by atoms with van der Waals surface area (Å²) in [5.74, 6) is -0.279. The average molecular weight is 428 g/mol. The molecule has 3 aromatic heterocycles. The van der Waals surface area contributed by atoms with Crippen LogP contribution in [0.2, 0.25) is 0 Å². The van der Waals surface area contributed by atoms with Crippen LogP contribution < -0.4 is 5.32 Å². The highest BCUT2D eigenvalue weighted by atomic mass is 19.4. The molecule has 1 aliphatic heterocycles. The van der Waals surface area contributed by atoms with E-state index in [0.717, 1.165) is 11.8 Å². The Morgan fingerprint density at radius 1 is 1.03 bits per heavy atom. The summed E-state index contributed by atoms with van der Waals surface area (Å²) < 4.78 is 39.6. The molecule has 4 rings (SSSR count). The molecule has 1 fully saturated rings. The van der Waals surface area contributed by atoms with Crippen LogP contribution in [0, 0.1) is 0 Å². The van der Waals surface area contributed by atoms with Gasteiger partial charge in [0, 0.05) is 49.5 Å². The molecule has 160 valence electrons. The van der Waals surface area contributed by atoms with E-state index in [-0.39, 0.29) is 23.6 Å². The average Bonchev–Trinajstić information content (AvgIpc) is 2.79. The Hall–Kier alpha value is -3.56. The first-order chi connectivity index (χ1) is 14.9. The lowest BCUT2D eigenvalue weighted by atomic mass is 9.93. The van der Waals surface area contributed by atoms with Crippen molar-refractivity contribution in [2.24, 2.45) is 0 Å². The predicted octanol–water partition coefficient (Wildman–Crippen LogP) is 4.05. The summed E-state index contributed by atoms with van der Waals surface area (Å²) in [7, 11) is 0. The molecule has 7 nitrogen and oxygen atoms in total. The van der Waals surface area contributed by atoms with Gasteiger partial charge in [-0.05, 0) is 43.2 Å². The first-order valence-corrected chi connectivity index (χ1v) is 9.73. The third-order valence-corrected chi connectivity index (χ3v) is 5.13. The van der Waals surface area contributed by atoms with Crippen LogP contribution in [0.4, 0.5) is 24.9 Å². The van der Waals surface area contributed by atoms with Crippen LogP contribution in [0.5, 0.6) is 0 Å². The third kappa shape index (κ3) is 4.79. The second-order valence-corrected chi connectivity index (χ2v) is 7.14. The van der Waals surface area contributed by atoms with Gasteiger partial charge in [0.1, 0.15) is 5.82 Å². The molecule has 3 aromatic rings. The number of piperidine rings is 1. The number of halogens is 3. The number of alkyl halides is 3. The zero-order chi connectivity index (χ0) is 21.8. The highest BCUT2D eigenvalue weighted by Gasteiger charge is 2.34. The SMILES string of the molecule is O=C(c1cccnc1)N1CCC(c2ccnc(Nc3ncccc3C(F)(F)F)n2)CC1. The number of likely N-dealkylation sites (tertiary alicyclic amines) is 1. The Kier molecular flexibility index (Phi) is 5.79. The van der Waals surface area contributed by atoms with Gasteiger partial charge in [-0.15, -0.1) is 0 Å². The van der Waals surface area contributed by atoms with Crippen LogP contribution in [0.1, 0.15) is 40.4 Å². The van der Waals surface area contributed by atoms with Crippen LogP contribution in [0.25, 0.3) is 0 Å². The van der Waals surface area contributed by atoms with Gasteiger partial charge >= 0.3 is 6.18 Å². The van der Waals surface area contributed by atoms with E-state index in [2.05, 4.69) is 25.3 Å². The number of amides is 1. The van der Waals surface area contributed by atoms with E-state index in [1.165, 1.54) is 18.5 Å². The molecule has 1 aliphatic rings. The molecule has 1 saturated heterocycles. The minimum atomic E-state index is -4.54. The second kappa shape index (κ2) is 8.66. The van der Waals surface area contributed by atoms with Gasteiger partial charge in [0.25, 0.3) is 5.91 Å². The summed E-state index contributed by atoms with van der Waals surface area (Å²) in [4.78, 5) is 30.5. The normalized spacial score (nSPS) is 15.0. The Morgan fingerprint density at radius 2 is 1.81 bits per heavy atom. The first kappa shape index (κ1) is 20.7. The monoisotopic (exact) mass is 428 g/mol. The zero-order valence-electron chi connectivity index (χ0n) is 16.4. The standard InChI is InChI=1S/C21H19F3N6O/c22-21(23,24)16-4-2-9-26-18(16)29-20-27-10-5-17(28-20)14-6-11-30(12-7-14)19(31)15-3-1-8-25-13-15/h1-5,8-10,13-14H,6-7,11-12H2,(H,26,27,28,29). The van der Waals surface area contributed by atoms with Crippen molar-refractivity contribution in [3.63, 3.8) is 0 Å². The van der Waals surface area contributed by atoms with Crippen molar-refractivity contribution in [3.8, 4) is 0 Å². The first-order valence-electron chi connectivity index (χ1n) is 9.73. The maximum Gasteiger partial charge on any atom is 0.419 e. The second-order valence-electron chi connectivity index (χ2n) is 7.14. The van der Waals surface area contributed by atoms with Gasteiger partial charge in [-0.2, -0.15) is 13.2 Å². The van der Waals surface area contributed by atoms with Crippen LogP contribution in [0.15, 0.2) is 55.1 Å². The summed E-state index contributed by atoms with van der Waals surface area (Å²) in [5.41, 5.74) is 0.381. The van der Waals surface area contributed by atoms with E-state index in [1.54, 1.807) is 35.5 Å². The van der Waals surface area contributed by atoms with Crippen molar-refractivity contribution >= 4 is 17.7 Å². The maximum absolute atomic E-state index is 13.2. The lowest BCUT2D eigenvalue weighted by molar-refractivity contribution is -0.137. The van der Waals surface area contributed by atoms with Crippen molar-refractivity contribution in [3.05, 3.63) is 71.9 Å². The Labute approximate surface area is 176 Å². The highest BCUT2D eigenvalue weighted by molar-refractivity contribution is 5.93. The number of pyridine rings is 2. The van der Waals surface area contributed by atoms with Gasteiger partial charge in [-0.25, -0.2) is 15.0 Å². The lowest BCUT2D eigenvalue weighted by Crippen LogP contribution is -2.38. The van der Waals surface area contributed by atoms with Gasteiger partial charge < -0.3 is 10.2 Å². The molecule has 1 amide bonds. The number of anilines is 2. The minimum absolute atomic E-state index is 0.0514. The molecular weight excluding hydrogens is 409 g/mol. The lowest BCUT2D eigenvalue weighted by Gasteiger charge is -2.31. The van der Waals surface area contributed by atoms with Crippen molar-refractivity contribution in [1.82, 2.24) is 24.8 Å². The molecule has 4 heterocycles. The van der Waals surface area contributed by atoms with Gasteiger partial charge in [-0.1, -0.05) is 0 Å². The summed E-state index contributed by atoms with van der Waals surface area (Å²) in [5, 5.41) is 2.58. The molecule has 1 N–H and O–H groups in total. The van der Waals surface area contributed by atoms with E-state index in [0.29, 0.717) is 31.5 Å². The maximum atomic E-state index is 13.2. The highest BCUT2D eigenvalue weighted by Crippen LogP contribution is 2.34. The number of rotatable bonds is 4. The van der Waals surface area contributed by atoms with E-state index in [4.69, 9.17) is 0 Å². The van der Waals surface area contributed by atoms with E-state index in [9.17, 15) is 18.0 Å². The minimum Gasteiger partial charge on any atom is -0.339 e. The van der Waals surface area contributed by atoms with E-state index < -0.39 is 11.7 Å². The van der Waals surface area contributed by atoms with Crippen molar-refractivity contribution in [2.45, 2.75) is 24.9 Å². The zero-order valence-corrected chi connectivity index (χ0v) is 16.4. The largest absolute Gasteiger partial charge is 0.419 e. The van der Waals surface area contributed by atoms with Crippen molar-refractivity contribution in [2.75, 3.05) is 18.4 Å². The van der Waals surface area contributed by atoms with Crippen LogP contribution in [-0.4, -0.2) is 43.8 Å². The Morgan fingerprint density at radius 3 is 2.52 bits per heavy atom. The quantitative estimate of drug-likeness (QED) is 0.675. The summed E-state index contributed by atoms with van der Waals surface area (Å²) in [6.07, 6.45) is 2.79. The fourth-order valence-corrected chi connectivity index (χ4v) is 3.55. The van der Waals surface area contributed by atoms with Gasteiger partial charge in [-0.3, -0.25) is 9.78 Å². The number of carbonyl (C=O) groups is 1. The molecule has 0 bridgehead atoms.